The van der Waals surface area contributed by atoms with Crippen molar-refractivity contribution in [2.75, 3.05) is 17.3 Å². The van der Waals surface area contributed by atoms with E-state index in [1.165, 1.54) is 11.8 Å². The molecule has 0 spiro atoms. The van der Waals surface area contributed by atoms with E-state index < -0.39 is 0 Å². The van der Waals surface area contributed by atoms with Gasteiger partial charge in [-0.25, -0.2) is 0 Å². The van der Waals surface area contributed by atoms with E-state index in [0.29, 0.717) is 16.6 Å². The highest BCUT2D eigenvalue weighted by Gasteiger charge is 2.15. The predicted octanol–water partition coefficient (Wildman–Crippen LogP) is 1.56. The van der Waals surface area contributed by atoms with Crippen LogP contribution in [0.1, 0.15) is 12.8 Å². The molecular formula is C8H10O3S3. The van der Waals surface area contributed by atoms with Gasteiger partial charge in [-0.1, -0.05) is 35.3 Å². The maximum absolute atomic E-state index is 10.4. The maximum atomic E-state index is 10.4. The van der Waals surface area contributed by atoms with Gasteiger partial charge in [-0.2, -0.15) is 0 Å². The van der Waals surface area contributed by atoms with Gasteiger partial charge in [0.25, 0.3) is 0 Å². The van der Waals surface area contributed by atoms with Crippen LogP contribution in [0.5, 0.6) is 0 Å². The molecule has 0 atom stereocenters. The van der Waals surface area contributed by atoms with E-state index in [0.717, 1.165) is 42.1 Å². The molecule has 0 aliphatic carbocycles. The lowest BCUT2D eigenvalue weighted by Crippen LogP contribution is -2.10. The van der Waals surface area contributed by atoms with E-state index in [-0.39, 0.29) is 10.2 Å². The molecule has 3 nitrogen and oxygen atoms in total. The highest BCUT2D eigenvalue weighted by molar-refractivity contribution is 8.24. The molecule has 78 valence electrons. The van der Waals surface area contributed by atoms with Crippen LogP contribution in [0.4, 0.5) is 0 Å². The number of rotatable bonds is 0. The first kappa shape index (κ1) is 12.1. The lowest BCUT2D eigenvalue weighted by molar-refractivity contribution is -0.111. The Hall–Kier alpha value is 0.0600. The Morgan fingerprint density at radius 1 is 0.786 bits per heavy atom. The van der Waals surface area contributed by atoms with Gasteiger partial charge in [-0.15, -0.1) is 0 Å². The molecule has 0 aromatic carbocycles. The molecule has 0 aromatic rings. The Labute approximate surface area is 95.1 Å². The number of thioether (sulfide) groups is 3. The summed E-state index contributed by atoms with van der Waals surface area (Å²) in [6.07, 6.45) is 1.91. The Kier molecular flexibility index (Phi) is 5.66. The molecule has 2 saturated heterocycles. The Balaban J connectivity index is 0.000000146. The molecule has 2 aliphatic heterocycles. The molecule has 0 bridgehead atoms. The fourth-order valence-electron chi connectivity index (χ4n) is 0.837. The van der Waals surface area contributed by atoms with Gasteiger partial charge in [0.2, 0.25) is 0 Å². The number of carbonyl (C=O) groups excluding carboxylic acids is 3. The van der Waals surface area contributed by atoms with Gasteiger partial charge in [-0.05, 0) is 6.42 Å². The van der Waals surface area contributed by atoms with Crippen LogP contribution in [0.25, 0.3) is 0 Å². The number of carbonyl (C=O) groups is 3. The summed E-state index contributed by atoms with van der Waals surface area (Å²) >= 11 is 3.69. The molecule has 2 rings (SSSR count). The zero-order valence-corrected chi connectivity index (χ0v) is 9.93. The maximum Gasteiger partial charge on any atom is 0.199 e. The molecule has 2 aliphatic rings. The largest absolute Gasteiger partial charge is 0.287 e. The summed E-state index contributed by atoms with van der Waals surface area (Å²) in [5.74, 6) is 1.78. The summed E-state index contributed by atoms with van der Waals surface area (Å²) in [6.45, 7) is 0. The van der Waals surface area contributed by atoms with Gasteiger partial charge >= 0.3 is 0 Å². The summed E-state index contributed by atoms with van der Waals surface area (Å²) < 4.78 is 0. The predicted molar refractivity (Wildman–Crippen MR) is 61.6 cm³/mol. The van der Waals surface area contributed by atoms with E-state index in [1.807, 2.05) is 0 Å². The van der Waals surface area contributed by atoms with Crippen molar-refractivity contribution >= 4 is 50.6 Å². The van der Waals surface area contributed by atoms with E-state index in [9.17, 15) is 14.4 Å². The van der Waals surface area contributed by atoms with Crippen LogP contribution in [0, 0.1) is 0 Å². The highest BCUT2D eigenvalue weighted by Crippen LogP contribution is 2.18. The monoisotopic (exact) mass is 250 g/mol. The summed E-state index contributed by atoms with van der Waals surface area (Å²) in [5.41, 5.74) is 0. The molecular weight excluding hydrogens is 240 g/mol. The molecule has 0 radical (unpaired) electrons. The topological polar surface area (TPSA) is 51.2 Å². The van der Waals surface area contributed by atoms with E-state index in [1.54, 1.807) is 0 Å². The first-order valence-electron chi connectivity index (χ1n) is 4.15. The zero-order chi connectivity index (χ0) is 10.4. The van der Waals surface area contributed by atoms with Crippen molar-refractivity contribution in [3.05, 3.63) is 0 Å². The third-order valence-electron chi connectivity index (χ3n) is 1.49. The van der Waals surface area contributed by atoms with Crippen LogP contribution in [0.15, 0.2) is 0 Å². The minimum Gasteiger partial charge on any atom is -0.287 e. The highest BCUT2D eigenvalue weighted by atomic mass is 32.2. The van der Waals surface area contributed by atoms with Crippen molar-refractivity contribution in [2.24, 2.45) is 0 Å². The fraction of sp³-hybridized carbons (Fsp3) is 0.625. The van der Waals surface area contributed by atoms with E-state index in [2.05, 4.69) is 0 Å². The zero-order valence-electron chi connectivity index (χ0n) is 7.49. The van der Waals surface area contributed by atoms with Crippen LogP contribution in [-0.2, 0) is 14.4 Å². The molecule has 0 amide bonds. The Morgan fingerprint density at radius 3 is 1.57 bits per heavy atom. The van der Waals surface area contributed by atoms with Crippen molar-refractivity contribution in [1.29, 1.82) is 0 Å². The summed E-state index contributed by atoms with van der Waals surface area (Å²) in [4.78, 5) is 31.0. The van der Waals surface area contributed by atoms with Gasteiger partial charge in [0.15, 0.2) is 15.3 Å². The molecule has 0 aromatic heterocycles. The molecule has 14 heavy (non-hydrogen) atoms. The number of hydrogen-bond donors (Lipinski definition) is 0. The molecule has 2 fully saturated rings. The quantitative estimate of drug-likeness (QED) is 0.650. The molecule has 0 N–H and O–H groups in total. The normalized spacial score (nSPS) is 21.9. The molecule has 6 heteroatoms. The van der Waals surface area contributed by atoms with E-state index >= 15 is 0 Å². The third-order valence-corrected chi connectivity index (χ3v) is 4.62. The lowest BCUT2D eigenvalue weighted by Gasteiger charge is -2.03. The van der Waals surface area contributed by atoms with Gasteiger partial charge in [-0.3, -0.25) is 14.4 Å². The smallest absolute Gasteiger partial charge is 0.199 e. The average Bonchev–Trinajstić information content (AvgIpc) is 2.63. The summed E-state index contributed by atoms with van der Waals surface area (Å²) in [5, 5.41) is 0.610. The summed E-state index contributed by atoms with van der Waals surface area (Å²) in [7, 11) is 0. The van der Waals surface area contributed by atoms with Crippen molar-refractivity contribution in [3.8, 4) is 0 Å². The SMILES string of the molecule is O=C1CCCS1.O=C1CSC(=O)CS1. The molecule has 0 unspecified atom stereocenters. The van der Waals surface area contributed by atoms with Gasteiger partial charge in [0, 0.05) is 12.2 Å². The lowest BCUT2D eigenvalue weighted by atomic mass is 10.4. The first-order valence-corrected chi connectivity index (χ1v) is 7.11. The minimum absolute atomic E-state index is 0.120. The number of hydrogen-bond acceptors (Lipinski definition) is 6. The van der Waals surface area contributed by atoms with Gasteiger partial charge < -0.3 is 0 Å². The van der Waals surface area contributed by atoms with Gasteiger partial charge in [0.1, 0.15) is 0 Å². The van der Waals surface area contributed by atoms with Crippen molar-refractivity contribution < 1.29 is 14.4 Å². The average molecular weight is 250 g/mol. The standard InChI is InChI=1S/C4H4O2S2.C4H6OS/c5-3-1-7-4(6)2-8-3;5-4-2-1-3-6-4/h1-2H2;1-3H2. The second-order valence-corrected chi connectivity index (χ2v) is 5.86. The third kappa shape index (κ3) is 5.07. The van der Waals surface area contributed by atoms with Crippen LogP contribution < -0.4 is 0 Å². The molecule has 2 heterocycles. The van der Waals surface area contributed by atoms with Crippen LogP contribution in [-0.4, -0.2) is 32.6 Å². The van der Waals surface area contributed by atoms with Crippen molar-refractivity contribution in [3.63, 3.8) is 0 Å². The van der Waals surface area contributed by atoms with Crippen molar-refractivity contribution in [2.45, 2.75) is 12.8 Å². The van der Waals surface area contributed by atoms with Crippen LogP contribution >= 0.6 is 35.3 Å². The van der Waals surface area contributed by atoms with Crippen LogP contribution in [0.3, 0.4) is 0 Å². The Morgan fingerprint density at radius 2 is 1.36 bits per heavy atom. The minimum atomic E-state index is 0.120. The van der Waals surface area contributed by atoms with E-state index in [4.69, 9.17) is 0 Å². The van der Waals surface area contributed by atoms with Gasteiger partial charge in [0.05, 0.1) is 11.5 Å². The second-order valence-electron chi connectivity index (χ2n) is 2.65. The molecule has 0 saturated carbocycles. The van der Waals surface area contributed by atoms with Crippen molar-refractivity contribution in [1.82, 2.24) is 0 Å². The first-order chi connectivity index (χ1) is 6.68. The Bertz CT molecular complexity index is 216. The van der Waals surface area contributed by atoms with Crippen LogP contribution in [0.2, 0.25) is 0 Å². The fourth-order valence-corrected chi connectivity index (χ4v) is 3.22. The second kappa shape index (κ2) is 6.53. The summed E-state index contributed by atoms with van der Waals surface area (Å²) in [6, 6.07) is 0.